The van der Waals surface area contributed by atoms with Gasteiger partial charge in [0.05, 0.1) is 5.56 Å². The number of nitrogen functional groups attached to an aromatic ring is 1. The minimum Gasteiger partial charge on any atom is -0.383 e. The number of nitrogens with one attached hydrogen (secondary N) is 1. The van der Waals surface area contributed by atoms with Crippen LogP contribution in [0.2, 0.25) is 5.15 Å². The maximum atomic E-state index is 7.34. The van der Waals surface area contributed by atoms with Gasteiger partial charge in [-0.15, -0.1) is 0 Å². The summed E-state index contributed by atoms with van der Waals surface area (Å²) in [5, 5.41) is 7.59. The van der Waals surface area contributed by atoms with Gasteiger partial charge in [0.25, 0.3) is 0 Å². The van der Waals surface area contributed by atoms with Gasteiger partial charge in [0.2, 0.25) is 0 Å². The Balaban J connectivity index is 3.38. The second-order valence-corrected chi connectivity index (χ2v) is 2.80. The first-order valence-corrected chi connectivity index (χ1v) is 3.75. The van der Waals surface area contributed by atoms with Crippen LogP contribution in [-0.2, 0) is 0 Å². The fourth-order valence-electron chi connectivity index (χ4n) is 0.906. The van der Waals surface area contributed by atoms with Crippen LogP contribution in [0.25, 0.3) is 0 Å². The molecule has 1 rings (SSSR count). The average Bonchev–Trinajstić information content (AvgIpc) is 1.82. The molecule has 0 fully saturated rings. The number of halogens is 1. The molecule has 4 nitrogen and oxygen atoms in total. The van der Waals surface area contributed by atoms with E-state index in [1.54, 1.807) is 13.8 Å². The summed E-state index contributed by atoms with van der Waals surface area (Å²) in [6, 6.07) is 0. The van der Waals surface area contributed by atoms with E-state index in [1.807, 2.05) is 0 Å². The number of hydrogen-bond donors (Lipinski definition) is 2. The highest BCUT2D eigenvalue weighted by Crippen LogP contribution is 2.18. The molecule has 5 heteroatoms. The van der Waals surface area contributed by atoms with E-state index in [1.165, 1.54) is 0 Å². The van der Waals surface area contributed by atoms with E-state index >= 15 is 0 Å². The van der Waals surface area contributed by atoms with Crippen LogP contribution in [0.3, 0.4) is 0 Å². The normalized spacial score (nSPS) is 9.92. The molecular formula is C7H9ClN4. The van der Waals surface area contributed by atoms with Crippen LogP contribution in [0.15, 0.2) is 0 Å². The fraction of sp³-hybridized carbons (Fsp3) is 0.286. The summed E-state index contributed by atoms with van der Waals surface area (Å²) >= 11 is 5.76. The molecule has 1 aromatic rings. The molecule has 0 aromatic carbocycles. The van der Waals surface area contributed by atoms with Gasteiger partial charge in [-0.05, 0) is 13.8 Å². The van der Waals surface area contributed by atoms with Gasteiger partial charge in [0, 0.05) is 5.71 Å². The number of anilines is 1. The zero-order valence-corrected chi connectivity index (χ0v) is 7.61. The number of nitrogens with zero attached hydrogens (tertiary/aromatic N) is 2. The lowest BCUT2D eigenvalue weighted by Gasteiger charge is -2.04. The molecule has 0 aliphatic carbocycles. The van der Waals surface area contributed by atoms with Crippen molar-refractivity contribution >= 4 is 23.1 Å². The first-order chi connectivity index (χ1) is 5.52. The highest BCUT2D eigenvalue weighted by atomic mass is 35.5. The Bertz CT molecular complexity index is 311. The third-order valence-electron chi connectivity index (χ3n) is 1.38. The maximum Gasteiger partial charge on any atom is 0.143 e. The summed E-state index contributed by atoms with van der Waals surface area (Å²) in [5.74, 6) is 0.780. The molecule has 0 aliphatic rings. The number of aryl methyl sites for hydroxylation is 1. The lowest BCUT2D eigenvalue weighted by atomic mass is 10.2. The Labute approximate surface area is 75.3 Å². The SMILES string of the molecule is CC(=N)c1c(N)nc(C)nc1Cl. The van der Waals surface area contributed by atoms with Crippen molar-refractivity contribution in [1.29, 1.82) is 5.41 Å². The predicted molar refractivity (Wildman–Crippen MR) is 48.7 cm³/mol. The Hall–Kier alpha value is -1.16. The molecule has 0 saturated carbocycles. The minimum absolute atomic E-state index is 0.243. The Morgan fingerprint density at radius 1 is 1.50 bits per heavy atom. The Kier molecular flexibility index (Phi) is 2.28. The van der Waals surface area contributed by atoms with Crippen LogP contribution in [0.1, 0.15) is 18.3 Å². The van der Waals surface area contributed by atoms with E-state index in [2.05, 4.69) is 9.97 Å². The average molecular weight is 185 g/mol. The van der Waals surface area contributed by atoms with Crippen molar-refractivity contribution in [3.05, 3.63) is 16.5 Å². The first kappa shape index (κ1) is 8.93. The third-order valence-corrected chi connectivity index (χ3v) is 1.65. The molecule has 64 valence electrons. The highest BCUT2D eigenvalue weighted by Gasteiger charge is 2.10. The predicted octanol–water partition coefficient (Wildman–Crippen LogP) is 1.41. The van der Waals surface area contributed by atoms with E-state index in [0.29, 0.717) is 11.4 Å². The Morgan fingerprint density at radius 2 is 2.08 bits per heavy atom. The van der Waals surface area contributed by atoms with Crippen LogP contribution in [0, 0.1) is 12.3 Å². The topological polar surface area (TPSA) is 75.7 Å². The van der Waals surface area contributed by atoms with E-state index in [9.17, 15) is 0 Å². The van der Waals surface area contributed by atoms with Gasteiger partial charge in [0.15, 0.2) is 0 Å². The van der Waals surface area contributed by atoms with Gasteiger partial charge in [-0.25, -0.2) is 9.97 Å². The summed E-state index contributed by atoms with van der Waals surface area (Å²) in [7, 11) is 0. The highest BCUT2D eigenvalue weighted by molar-refractivity contribution is 6.33. The van der Waals surface area contributed by atoms with Crippen LogP contribution in [0.5, 0.6) is 0 Å². The van der Waals surface area contributed by atoms with E-state index in [4.69, 9.17) is 22.7 Å². The number of rotatable bonds is 1. The summed E-state index contributed by atoms with van der Waals surface area (Å²) in [5.41, 5.74) is 6.24. The van der Waals surface area contributed by atoms with Crippen molar-refractivity contribution in [2.75, 3.05) is 5.73 Å². The lowest BCUT2D eigenvalue weighted by molar-refractivity contribution is 1.05. The monoisotopic (exact) mass is 184 g/mol. The van der Waals surface area contributed by atoms with Gasteiger partial charge in [-0.1, -0.05) is 11.6 Å². The minimum atomic E-state index is 0.243. The van der Waals surface area contributed by atoms with Gasteiger partial charge < -0.3 is 11.1 Å². The molecular weight excluding hydrogens is 176 g/mol. The summed E-state index contributed by atoms with van der Waals surface area (Å²) < 4.78 is 0. The molecule has 1 aromatic heterocycles. The van der Waals surface area contributed by atoms with Crippen LogP contribution in [0.4, 0.5) is 5.82 Å². The number of nitrogens with two attached hydrogens (primary N) is 1. The smallest absolute Gasteiger partial charge is 0.143 e. The lowest BCUT2D eigenvalue weighted by Crippen LogP contribution is -2.06. The fourth-order valence-corrected chi connectivity index (χ4v) is 1.27. The number of hydrogen-bond acceptors (Lipinski definition) is 4. The first-order valence-electron chi connectivity index (χ1n) is 3.37. The zero-order chi connectivity index (χ0) is 9.30. The summed E-state index contributed by atoms with van der Waals surface area (Å²) in [4.78, 5) is 7.79. The maximum absolute atomic E-state index is 7.34. The van der Waals surface area contributed by atoms with Gasteiger partial charge >= 0.3 is 0 Å². The van der Waals surface area contributed by atoms with E-state index in [0.717, 1.165) is 0 Å². The Morgan fingerprint density at radius 3 is 2.50 bits per heavy atom. The molecule has 0 saturated heterocycles. The van der Waals surface area contributed by atoms with Crippen molar-refractivity contribution in [2.24, 2.45) is 0 Å². The summed E-state index contributed by atoms with van der Waals surface area (Å²) in [6.07, 6.45) is 0. The quantitative estimate of drug-likeness (QED) is 0.512. The van der Waals surface area contributed by atoms with E-state index < -0.39 is 0 Å². The van der Waals surface area contributed by atoms with E-state index in [-0.39, 0.29) is 16.7 Å². The summed E-state index contributed by atoms with van der Waals surface area (Å²) in [6.45, 7) is 3.29. The molecule has 0 amide bonds. The number of aromatic nitrogens is 2. The molecule has 0 radical (unpaired) electrons. The van der Waals surface area contributed by atoms with Crippen molar-refractivity contribution in [3.8, 4) is 0 Å². The van der Waals surface area contributed by atoms with Crippen molar-refractivity contribution in [3.63, 3.8) is 0 Å². The third kappa shape index (κ3) is 1.53. The van der Waals surface area contributed by atoms with Crippen LogP contribution >= 0.6 is 11.6 Å². The van der Waals surface area contributed by atoms with Gasteiger partial charge in [-0.2, -0.15) is 0 Å². The second-order valence-electron chi connectivity index (χ2n) is 2.45. The van der Waals surface area contributed by atoms with Crippen LogP contribution in [-0.4, -0.2) is 15.7 Å². The zero-order valence-electron chi connectivity index (χ0n) is 6.85. The van der Waals surface area contributed by atoms with Gasteiger partial charge in [0.1, 0.15) is 16.8 Å². The molecule has 1 heterocycles. The van der Waals surface area contributed by atoms with Crippen molar-refractivity contribution in [2.45, 2.75) is 13.8 Å². The molecule has 3 N–H and O–H groups in total. The molecule has 0 aliphatic heterocycles. The molecule has 0 unspecified atom stereocenters. The largest absolute Gasteiger partial charge is 0.383 e. The van der Waals surface area contributed by atoms with Gasteiger partial charge in [-0.3, -0.25) is 0 Å². The molecule has 0 bridgehead atoms. The molecule has 0 spiro atoms. The van der Waals surface area contributed by atoms with Crippen LogP contribution < -0.4 is 5.73 Å². The second kappa shape index (κ2) is 3.06. The molecule has 12 heavy (non-hydrogen) atoms. The van der Waals surface area contributed by atoms with Crippen molar-refractivity contribution in [1.82, 2.24) is 9.97 Å². The standard InChI is InChI=1S/C7H9ClN4/c1-3(9)5-6(8)11-4(2)12-7(5)10/h9H,1-2H3,(H2,10,11,12). The van der Waals surface area contributed by atoms with Crippen molar-refractivity contribution < 1.29 is 0 Å². The molecule has 0 atom stereocenters.